The molecule has 1 N–H and O–H groups in total. The van der Waals surface area contributed by atoms with Gasteiger partial charge >= 0.3 is 0 Å². The van der Waals surface area contributed by atoms with Gasteiger partial charge in [0.2, 0.25) is 0 Å². The van der Waals surface area contributed by atoms with E-state index in [1.165, 1.54) is 6.42 Å². The van der Waals surface area contributed by atoms with E-state index >= 15 is 0 Å². The van der Waals surface area contributed by atoms with Crippen molar-refractivity contribution in [1.82, 2.24) is 14.9 Å². The van der Waals surface area contributed by atoms with Crippen molar-refractivity contribution in [3.8, 4) is 0 Å². The van der Waals surface area contributed by atoms with Gasteiger partial charge in [-0.2, -0.15) is 0 Å². The van der Waals surface area contributed by atoms with Gasteiger partial charge in [0.25, 0.3) is 0 Å². The van der Waals surface area contributed by atoms with E-state index in [0.717, 1.165) is 37.7 Å². The molecule has 0 aliphatic rings. The van der Waals surface area contributed by atoms with Crippen LogP contribution in [0.2, 0.25) is 0 Å². The molecule has 0 unspecified atom stereocenters. The second kappa shape index (κ2) is 7.17. The maximum Gasteiger partial charge on any atom is 0.144 e. The predicted molar refractivity (Wildman–Crippen MR) is 67.4 cm³/mol. The molecule has 1 aromatic heterocycles. The van der Waals surface area contributed by atoms with Crippen molar-refractivity contribution < 1.29 is 0 Å². The van der Waals surface area contributed by atoms with E-state index in [1.807, 2.05) is 6.20 Å². The lowest BCUT2D eigenvalue weighted by atomic mass is 10.3. The van der Waals surface area contributed by atoms with Crippen molar-refractivity contribution in [3.63, 3.8) is 0 Å². The first-order valence-electron chi connectivity index (χ1n) is 6.07. The molecule has 0 saturated carbocycles. The van der Waals surface area contributed by atoms with Gasteiger partial charge < -0.3 is 5.32 Å². The summed E-state index contributed by atoms with van der Waals surface area (Å²) in [4.78, 5) is 11.1. The van der Waals surface area contributed by atoms with Gasteiger partial charge in [-0.3, -0.25) is 9.88 Å². The second-order valence-corrected chi connectivity index (χ2v) is 3.79. The van der Waals surface area contributed by atoms with Gasteiger partial charge in [0.05, 0.1) is 18.1 Å². The molecule has 0 spiro atoms. The normalized spacial score (nSPS) is 10.8. The molecule has 16 heavy (non-hydrogen) atoms. The number of anilines is 1. The number of rotatable bonds is 7. The largest absolute Gasteiger partial charge is 0.369 e. The van der Waals surface area contributed by atoms with E-state index in [9.17, 15) is 0 Å². The van der Waals surface area contributed by atoms with Crippen LogP contribution >= 0.6 is 0 Å². The smallest absolute Gasteiger partial charge is 0.144 e. The Morgan fingerprint density at radius 2 is 2.00 bits per heavy atom. The standard InChI is InChI=1S/C12H22N4/c1-4-7-16(6-3)10-11-8-15-12(9-14-11)13-5-2/h8-9H,4-7,10H2,1-3H3,(H,13,15). The van der Waals surface area contributed by atoms with E-state index in [1.54, 1.807) is 6.20 Å². The number of aromatic nitrogens is 2. The summed E-state index contributed by atoms with van der Waals surface area (Å²) in [6.45, 7) is 10.4. The molecule has 0 aliphatic carbocycles. The molecular formula is C12H22N4. The number of hydrogen-bond acceptors (Lipinski definition) is 4. The van der Waals surface area contributed by atoms with Gasteiger partial charge in [0, 0.05) is 13.1 Å². The fourth-order valence-corrected chi connectivity index (χ4v) is 1.60. The monoisotopic (exact) mass is 222 g/mol. The van der Waals surface area contributed by atoms with Gasteiger partial charge in [-0.25, -0.2) is 4.98 Å². The van der Waals surface area contributed by atoms with Crippen molar-refractivity contribution in [1.29, 1.82) is 0 Å². The highest BCUT2D eigenvalue weighted by Gasteiger charge is 2.03. The van der Waals surface area contributed by atoms with Gasteiger partial charge in [-0.05, 0) is 26.4 Å². The molecule has 1 aromatic rings. The Bertz CT molecular complexity index is 284. The van der Waals surface area contributed by atoms with Crippen LogP contribution in [0.5, 0.6) is 0 Å². The summed E-state index contributed by atoms with van der Waals surface area (Å²) in [5.74, 6) is 0.852. The fraction of sp³-hybridized carbons (Fsp3) is 0.667. The molecule has 0 bridgehead atoms. The molecule has 0 amide bonds. The Kier molecular flexibility index (Phi) is 5.78. The third kappa shape index (κ3) is 4.14. The first kappa shape index (κ1) is 12.9. The molecule has 1 rings (SSSR count). The summed E-state index contributed by atoms with van der Waals surface area (Å²) >= 11 is 0. The summed E-state index contributed by atoms with van der Waals surface area (Å²) in [6, 6.07) is 0. The van der Waals surface area contributed by atoms with Crippen LogP contribution in [-0.2, 0) is 6.54 Å². The average Bonchev–Trinajstić information content (AvgIpc) is 2.31. The van der Waals surface area contributed by atoms with Crippen LogP contribution in [0.25, 0.3) is 0 Å². The molecule has 90 valence electrons. The lowest BCUT2D eigenvalue weighted by Gasteiger charge is -2.18. The van der Waals surface area contributed by atoms with E-state index in [4.69, 9.17) is 0 Å². The summed E-state index contributed by atoms with van der Waals surface area (Å²) in [5.41, 5.74) is 1.04. The van der Waals surface area contributed by atoms with Crippen LogP contribution in [0.15, 0.2) is 12.4 Å². The maximum absolute atomic E-state index is 4.40. The van der Waals surface area contributed by atoms with Crippen molar-refractivity contribution in [2.75, 3.05) is 25.0 Å². The summed E-state index contributed by atoms with van der Waals surface area (Å²) in [5, 5.41) is 3.14. The SMILES string of the molecule is CCCN(CC)Cc1cnc(NCC)cn1. The number of nitrogens with zero attached hydrogens (tertiary/aromatic N) is 3. The lowest BCUT2D eigenvalue weighted by molar-refractivity contribution is 0.277. The highest BCUT2D eigenvalue weighted by Crippen LogP contribution is 2.04. The Labute approximate surface area is 98.1 Å². The summed E-state index contributed by atoms with van der Waals surface area (Å²) < 4.78 is 0. The highest BCUT2D eigenvalue weighted by atomic mass is 15.1. The van der Waals surface area contributed by atoms with E-state index in [0.29, 0.717) is 0 Å². The Hall–Kier alpha value is -1.16. The van der Waals surface area contributed by atoms with E-state index < -0.39 is 0 Å². The van der Waals surface area contributed by atoms with Crippen LogP contribution in [0, 0.1) is 0 Å². The zero-order chi connectivity index (χ0) is 11.8. The molecule has 0 atom stereocenters. The average molecular weight is 222 g/mol. The van der Waals surface area contributed by atoms with Crippen molar-refractivity contribution >= 4 is 5.82 Å². The van der Waals surface area contributed by atoms with Crippen LogP contribution in [0.3, 0.4) is 0 Å². The van der Waals surface area contributed by atoms with Crippen LogP contribution in [0.1, 0.15) is 32.9 Å². The molecule has 0 aromatic carbocycles. The summed E-state index contributed by atoms with van der Waals surface area (Å²) in [7, 11) is 0. The summed E-state index contributed by atoms with van der Waals surface area (Å²) in [6.07, 6.45) is 4.84. The van der Waals surface area contributed by atoms with Crippen molar-refractivity contribution in [3.05, 3.63) is 18.1 Å². The lowest BCUT2D eigenvalue weighted by Crippen LogP contribution is -2.24. The number of nitrogens with one attached hydrogen (secondary N) is 1. The Morgan fingerprint density at radius 1 is 1.19 bits per heavy atom. The van der Waals surface area contributed by atoms with Crippen LogP contribution < -0.4 is 5.32 Å². The van der Waals surface area contributed by atoms with E-state index in [-0.39, 0.29) is 0 Å². The minimum Gasteiger partial charge on any atom is -0.369 e. The van der Waals surface area contributed by atoms with Gasteiger partial charge in [-0.1, -0.05) is 13.8 Å². The third-order valence-electron chi connectivity index (χ3n) is 2.44. The van der Waals surface area contributed by atoms with Gasteiger partial charge in [0.1, 0.15) is 5.82 Å². The molecule has 0 radical (unpaired) electrons. The minimum atomic E-state index is 0.852. The van der Waals surface area contributed by atoms with Crippen molar-refractivity contribution in [2.45, 2.75) is 33.7 Å². The van der Waals surface area contributed by atoms with Crippen molar-refractivity contribution in [2.24, 2.45) is 0 Å². The topological polar surface area (TPSA) is 41.1 Å². The van der Waals surface area contributed by atoms with Gasteiger partial charge in [-0.15, -0.1) is 0 Å². The molecule has 0 aliphatic heterocycles. The van der Waals surface area contributed by atoms with Crippen LogP contribution in [-0.4, -0.2) is 34.5 Å². The predicted octanol–water partition coefficient (Wildman–Crippen LogP) is 2.14. The van der Waals surface area contributed by atoms with Crippen LogP contribution in [0.4, 0.5) is 5.82 Å². The zero-order valence-electron chi connectivity index (χ0n) is 10.5. The van der Waals surface area contributed by atoms with Gasteiger partial charge in [0.15, 0.2) is 0 Å². The molecule has 4 nitrogen and oxygen atoms in total. The highest BCUT2D eigenvalue weighted by molar-refractivity contribution is 5.30. The fourth-order valence-electron chi connectivity index (χ4n) is 1.60. The maximum atomic E-state index is 4.40. The molecule has 0 fully saturated rings. The zero-order valence-corrected chi connectivity index (χ0v) is 10.5. The molecular weight excluding hydrogens is 200 g/mol. The Balaban J connectivity index is 2.53. The first-order valence-corrected chi connectivity index (χ1v) is 6.07. The Morgan fingerprint density at radius 3 is 2.50 bits per heavy atom. The molecule has 0 saturated heterocycles. The quantitative estimate of drug-likeness (QED) is 0.767. The second-order valence-electron chi connectivity index (χ2n) is 3.79. The third-order valence-corrected chi connectivity index (χ3v) is 2.44. The number of hydrogen-bond donors (Lipinski definition) is 1. The minimum absolute atomic E-state index is 0.852. The first-order chi connectivity index (χ1) is 7.80. The molecule has 4 heteroatoms. The molecule has 1 heterocycles. The van der Waals surface area contributed by atoms with E-state index in [2.05, 4.69) is 41.0 Å².